The maximum absolute atomic E-state index is 13.2. The molecular formula is C26H22FN5O3S. The summed E-state index contributed by atoms with van der Waals surface area (Å²) >= 11 is 0. The van der Waals surface area contributed by atoms with Gasteiger partial charge in [0.2, 0.25) is 0 Å². The van der Waals surface area contributed by atoms with E-state index in [4.69, 9.17) is 0 Å². The van der Waals surface area contributed by atoms with Crippen molar-refractivity contribution in [3.05, 3.63) is 107 Å². The molecule has 0 saturated carbocycles. The first kappa shape index (κ1) is 24.6. The third kappa shape index (κ3) is 6.55. The van der Waals surface area contributed by atoms with Gasteiger partial charge in [0.15, 0.2) is 0 Å². The molecule has 0 aliphatic heterocycles. The van der Waals surface area contributed by atoms with E-state index in [1.165, 1.54) is 67.0 Å². The van der Waals surface area contributed by atoms with Gasteiger partial charge in [-0.05, 0) is 73.0 Å². The summed E-state index contributed by atoms with van der Waals surface area (Å²) in [7, 11) is -4.02. The lowest BCUT2D eigenvalue weighted by molar-refractivity contribution is 0.0953. The van der Waals surface area contributed by atoms with Gasteiger partial charge in [-0.2, -0.15) is 5.10 Å². The average molecular weight is 504 g/mol. The molecule has 0 spiro atoms. The number of hydrogen-bond acceptors (Lipinski definition) is 5. The Hall–Kier alpha value is -4.49. The molecule has 0 unspecified atom stereocenters. The van der Waals surface area contributed by atoms with Gasteiger partial charge in [-0.1, -0.05) is 11.8 Å². The van der Waals surface area contributed by atoms with Crippen molar-refractivity contribution < 1.29 is 17.6 Å². The van der Waals surface area contributed by atoms with Crippen LogP contribution in [0, 0.1) is 17.7 Å². The Morgan fingerprint density at radius 3 is 2.53 bits per heavy atom. The van der Waals surface area contributed by atoms with Crippen LogP contribution in [0.1, 0.15) is 33.5 Å². The van der Waals surface area contributed by atoms with E-state index in [9.17, 15) is 17.6 Å². The van der Waals surface area contributed by atoms with Gasteiger partial charge in [-0.15, -0.1) is 0 Å². The minimum Gasteiger partial charge on any atom is -0.352 e. The van der Waals surface area contributed by atoms with Crippen LogP contribution in [0.2, 0.25) is 0 Å². The number of aromatic amines is 1. The number of anilines is 1. The molecule has 0 aliphatic carbocycles. The SMILES string of the molecule is O=C(NCCCc1cn[nH]c1)c1ccc(S(=O)(=O)Nc2ccncc2)c(C#Cc2ccc(F)cc2)c1. The van der Waals surface area contributed by atoms with E-state index in [2.05, 4.69) is 37.1 Å². The molecule has 4 aromatic rings. The number of hydrogen-bond donors (Lipinski definition) is 3. The van der Waals surface area contributed by atoms with E-state index in [1.54, 1.807) is 12.4 Å². The van der Waals surface area contributed by atoms with Crippen molar-refractivity contribution in [2.45, 2.75) is 17.7 Å². The number of nitrogens with one attached hydrogen (secondary N) is 3. The Balaban J connectivity index is 1.58. The van der Waals surface area contributed by atoms with Gasteiger partial charge in [0.1, 0.15) is 10.7 Å². The lowest BCUT2D eigenvalue weighted by atomic mass is 10.1. The third-order valence-corrected chi connectivity index (χ3v) is 6.57. The minimum absolute atomic E-state index is 0.0922. The summed E-state index contributed by atoms with van der Waals surface area (Å²) in [5.41, 5.74) is 2.27. The van der Waals surface area contributed by atoms with Gasteiger partial charge in [-0.3, -0.25) is 19.6 Å². The molecule has 0 saturated heterocycles. The highest BCUT2D eigenvalue weighted by molar-refractivity contribution is 7.92. The molecule has 182 valence electrons. The third-order valence-electron chi connectivity index (χ3n) is 5.13. The molecule has 2 heterocycles. The topological polar surface area (TPSA) is 117 Å². The van der Waals surface area contributed by atoms with Crippen LogP contribution >= 0.6 is 0 Å². The fourth-order valence-corrected chi connectivity index (χ4v) is 4.52. The maximum atomic E-state index is 13.2. The molecule has 4 rings (SSSR count). The standard InChI is InChI=1S/C26H22FN5O3S/c27-23-8-4-19(5-9-23)3-6-21-16-22(26(33)29-13-1-2-20-17-30-31-18-20)7-10-25(21)36(34,35)32-24-11-14-28-15-12-24/h4-5,7-12,14-18H,1-2,13H2,(H,28,32)(H,29,33)(H,30,31). The van der Waals surface area contributed by atoms with Crippen molar-refractivity contribution in [3.8, 4) is 11.8 Å². The molecule has 8 nitrogen and oxygen atoms in total. The monoisotopic (exact) mass is 503 g/mol. The van der Waals surface area contributed by atoms with Gasteiger partial charge >= 0.3 is 0 Å². The van der Waals surface area contributed by atoms with Gasteiger partial charge in [0.25, 0.3) is 15.9 Å². The molecule has 36 heavy (non-hydrogen) atoms. The summed E-state index contributed by atoms with van der Waals surface area (Å²) in [6.45, 7) is 0.435. The van der Waals surface area contributed by atoms with Crippen molar-refractivity contribution >= 4 is 21.6 Å². The van der Waals surface area contributed by atoms with Crippen LogP contribution in [0.25, 0.3) is 0 Å². The number of aromatic nitrogens is 3. The van der Waals surface area contributed by atoms with E-state index in [0.29, 0.717) is 24.2 Å². The number of nitrogens with zero attached hydrogens (tertiary/aromatic N) is 2. The number of aryl methyl sites for hydroxylation is 1. The number of carbonyl (C=O) groups excluding carboxylic acids is 1. The number of benzene rings is 2. The van der Waals surface area contributed by atoms with E-state index < -0.39 is 15.8 Å². The molecule has 0 radical (unpaired) electrons. The highest BCUT2D eigenvalue weighted by Gasteiger charge is 2.20. The summed E-state index contributed by atoms with van der Waals surface area (Å²) in [4.78, 5) is 16.5. The molecule has 1 amide bonds. The van der Waals surface area contributed by atoms with Gasteiger partial charge < -0.3 is 5.32 Å². The van der Waals surface area contributed by atoms with Crippen LogP contribution in [0.5, 0.6) is 0 Å². The predicted molar refractivity (Wildman–Crippen MR) is 133 cm³/mol. The smallest absolute Gasteiger partial charge is 0.263 e. The van der Waals surface area contributed by atoms with Crippen LogP contribution in [-0.2, 0) is 16.4 Å². The first-order valence-electron chi connectivity index (χ1n) is 11.0. The number of carbonyl (C=O) groups is 1. The molecule has 0 atom stereocenters. The second kappa shape index (κ2) is 11.3. The number of halogens is 1. The van der Waals surface area contributed by atoms with E-state index in [0.717, 1.165) is 12.0 Å². The lowest BCUT2D eigenvalue weighted by Gasteiger charge is -2.11. The summed E-state index contributed by atoms with van der Waals surface area (Å²) in [5, 5.41) is 9.47. The van der Waals surface area contributed by atoms with Gasteiger partial charge in [0, 0.05) is 41.8 Å². The Morgan fingerprint density at radius 2 is 1.81 bits per heavy atom. The van der Waals surface area contributed by atoms with Crippen LogP contribution in [0.4, 0.5) is 10.1 Å². The van der Waals surface area contributed by atoms with Crippen molar-refractivity contribution in [3.63, 3.8) is 0 Å². The van der Waals surface area contributed by atoms with Crippen molar-refractivity contribution in [1.82, 2.24) is 20.5 Å². The van der Waals surface area contributed by atoms with Crippen molar-refractivity contribution in [2.24, 2.45) is 0 Å². The molecule has 0 bridgehead atoms. The van der Waals surface area contributed by atoms with E-state index >= 15 is 0 Å². The van der Waals surface area contributed by atoms with Gasteiger partial charge in [-0.25, -0.2) is 12.8 Å². The Morgan fingerprint density at radius 1 is 1.03 bits per heavy atom. The van der Waals surface area contributed by atoms with E-state index in [1.807, 2.05) is 0 Å². The lowest BCUT2D eigenvalue weighted by Crippen LogP contribution is -2.25. The first-order chi connectivity index (χ1) is 17.4. The van der Waals surface area contributed by atoms with E-state index in [-0.39, 0.29) is 21.9 Å². The number of pyridine rings is 1. The van der Waals surface area contributed by atoms with Crippen LogP contribution in [0.3, 0.4) is 0 Å². The zero-order valence-corrected chi connectivity index (χ0v) is 19.8. The summed E-state index contributed by atoms with van der Waals surface area (Å²) in [6.07, 6.45) is 7.92. The first-order valence-corrected chi connectivity index (χ1v) is 12.5. The van der Waals surface area contributed by atoms with Crippen molar-refractivity contribution in [1.29, 1.82) is 0 Å². The molecule has 0 fully saturated rings. The maximum Gasteiger partial charge on any atom is 0.263 e. The normalized spacial score (nSPS) is 10.8. The predicted octanol–water partition coefficient (Wildman–Crippen LogP) is 3.51. The van der Waals surface area contributed by atoms with Crippen molar-refractivity contribution in [2.75, 3.05) is 11.3 Å². The highest BCUT2D eigenvalue weighted by atomic mass is 32.2. The molecule has 2 aromatic carbocycles. The second-order valence-corrected chi connectivity index (χ2v) is 9.43. The summed E-state index contributed by atoms with van der Waals surface area (Å²) in [5.74, 6) is 4.91. The van der Waals surface area contributed by atoms with Gasteiger partial charge in [0.05, 0.1) is 11.9 Å². The number of H-pyrrole nitrogens is 1. The molecular weight excluding hydrogens is 481 g/mol. The zero-order valence-electron chi connectivity index (χ0n) is 19.0. The Kier molecular flexibility index (Phi) is 7.72. The van der Waals surface area contributed by atoms with Crippen LogP contribution in [0.15, 0.2) is 84.3 Å². The number of sulfonamides is 1. The largest absolute Gasteiger partial charge is 0.352 e. The average Bonchev–Trinajstić information content (AvgIpc) is 3.40. The Bertz CT molecular complexity index is 1490. The molecule has 10 heteroatoms. The molecule has 2 aromatic heterocycles. The summed E-state index contributed by atoms with van der Waals surface area (Å²) < 4.78 is 42.0. The quantitative estimate of drug-likeness (QED) is 0.251. The highest BCUT2D eigenvalue weighted by Crippen LogP contribution is 2.21. The van der Waals surface area contributed by atoms with Crippen LogP contribution < -0.4 is 10.0 Å². The number of amides is 1. The summed E-state index contributed by atoms with van der Waals surface area (Å²) in [6, 6.07) is 12.8. The fraction of sp³-hybridized carbons (Fsp3) is 0.115. The molecule has 3 N–H and O–H groups in total. The van der Waals surface area contributed by atoms with Crippen LogP contribution in [-0.4, -0.2) is 36.1 Å². The zero-order chi connectivity index (χ0) is 25.4. The molecule has 0 aliphatic rings. The number of rotatable bonds is 8. The Labute approximate surface area is 208 Å². The second-order valence-electron chi connectivity index (χ2n) is 7.78. The fourth-order valence-electron chi connectivity index (χ4n) is 3.32. The minimum atomic E-state index is -4.02.